The molecule has 0 aromatic rings. The summed E-state index contributed by atoms with van der Waals surface area (Å²) in [6.45, 7) is 7.03. The molecule has 1 N–H and O–H groups in total. The Bertz CT molecular complexity index is 564. The summed E-state index contributed by atoms with van der Waals surface area (Å²) < 4.78 is 10.6. The van der Waals surface area contributed by atoms with Crippen LogP contribution in [0.3, 0.4) is 0 Å². The lowest BCUT2D eigenvalue weighted by atomic mass is 9.52. The molecule has 0 unspecified atom stereocenters. The van der Waals surface area contributed by atoms with E-state index >= 15 is 0 Å². The fourth-order valence-electron chi connectivity index (χ4n) is 5.37. The van der Waals surface area contributed by atoms with Crippen molar-refractivity contribution >= 4 is 5.97 Å². The Labute approximate surface area is 144 Å². The number of allylic oxidation sites excluding steroid dienone is 3. The van der Waals surface area contributed by atoms with Crippen molar-refractivity contribution in [3.8, 4) is 0 Å². The Kier molecular flexibility index (Phi) is 4.89. The van der Waals surface area contributed by atoms with Crippen LogP contribution in [0.4, 0.5) is 0 Å². The summed E-state index contributed by atoms with van der Waals surface area (Å²) >= 11 is 0. The van der Waals surface area contributed by atoms with Crippen molar-refractivity contribution in [2.24, 2.45) is 23.2 Å². The van der Waals surface area contributed by atoms with Gasteiger partial charge in [-0.25, -0.2) is 4.79 Å². The fraction of sp³-hybridized carbons (Fsp3) is 0.750. The molecule has 1 heterocycles. The lowest BCUT2D eigenvalue weighted by molar-refractivity contribution is -0.135. The summed E-state index contributed by atoms with van der Waals surface area (Å²) in [5.41, 5.74) is 2.07. The molecule has 1 saturated carbocycles. The van der Waals surface area contributed by atoms with Crippen molar-refractivity contribution in [1.29, 1.82) is 0 Å². The molecular formula is C20H30O4. The highest BCUT2D eigenvalue weighted by molar-refractivity contribution is 5.91. The third kappa shape index (κ3) is 2.84. The van der Waals surface area contributed by atoms with Crippen molar-refractivity contribution in [3.05, 3.63) is 23.3 Å². The van der Waals surface area contributed by atoms with Gasteiger partial charge in [0.1, 0.15) is 12.7 Å². The average Bonchev–Trinajstić information content (AvgIpc) is 2.86. The lowest BCUT2D eigenvalue weighted by Gasteiger charge is -2.54. The average molecular weight is 334 g/mol. The minimum absolute atomic E-state index is 0.0938. The number of aliphatic hydroxyl groups excluding tert-OH is 1. The van der Waals surface area contributed by atoms with E-state index in [9.17, 15) is 9.90 Å². The van der Waals surface area contributed by atoms with Gasteiger partial charge in [-0.15, -0.1) is 0 Å². The maximum Gasteiger partial charge on any atom is 0.336 e. The fourth-order valence-corrected chi connectivity index (χ4v) is 5.37. The van der Waals surface area contributed by atoms with Crippen LogP contribution in [0.2, 0.25) is 0 Å². The molecule has 1 saturated heterocycles. The predicted molar refractivity (Wildman–Crippen MR) is 92.3 cm³/mol. The van der Waals surface area contributed by atoms with E-state index in [0.717, 1.165) is 25.7 Å². The van der Waals surface area contributed by atoms with E-state index < -0.39 is 6.10 Å². The molecule has 4 heteroatoms. The highest BCUT2D eigenvalue weighted by Crippen LogP contribution is 2.56. The van der Waals surface area contributed by atoms with Gasteiger partial charge in [0.2, 0.25) is 0 Å². The van der Waals surface area contributed by atoms with Crippen LogP contribution < -0.4 is 0 Å². The Morgan fingerprint density at radius 1 is 1.50 bits per heavy atom. The van der Waals surface area contributed by atoms with E-state index in [1.807, 2.05) is 13.2 Å². The van der Waals surface area contributed by atoms with E-state index in [-0.39, 0.29) is 18.0 Å². The van der Waals surface area contributed by atoms with Gasteiger partial charge in [0.25, 0.3) is 0 Å². The van der Waals surface area contributed by atoms with Gasteiger partial charge in [0.05, 0.1) is 11.7 Å². The molecule has 0 aromatic heterocycles. The Morgan fingerprint density at radius 3 is 2.88 bits per heavy atom. The van der Waals surface area contributed by atoms with Crippen LogP contribution in [0.15, 0.2) is 23.3 Å². The van der Waals surface area contributed by atoms with E-state index in [0.29, 0.717) is 29.4 Å². The summed E-state index contributed by atoms with van der Waals surface area (Å²) in [4.78, 5) is 11.8. The Balaban J connectivity index is 1.84. The molecule has 3 rings (SSSR count). The zero-order chi connectivity index (χ0) is 17.5. The number of methoxy groups -OCH3 is 1. The molecule has 0 radical (unpaired) electrons. The number of fused-ring (bicyclic) bond motifs is 1. The van der Waals surface area contributed by atoms with Crippen molar-refractivity contribution in [2.45, 2.75) is 58.7 Å². The zero-order valence-electron chi connectivity index (χ0n) is 15.2. The molecule has 24 heavy (non-hydrogen) atoms. The summed E-state index contributed by atoms with van der Waals surface area (Å²) in [6, 6.07) is 0. The number of esters is 1. The zero-order valence-corrected chi connectivity index (χ0v) is 15.2. The number of carbonyl (C=O) groups is 1. The summed E-state index contributed by atoms with van der Waals surface area (Å²) in [5, 5.41) is 9.91. The number of rotatable bonds is 3. The second-order valence-electron chi connectivity index (χ2n) is 8.03. The highest BCUT2D eigenvalue weighted by Gasteiger charge is 2.50. The predicted octanol–water partition coefficient (Wildman–Crippen LogP) is 3.25. The smallest absolute Gasteiger partial charge is 0.336 e. The van der Waals surface area contributed by atoms with Crippen molar-refractivity contribution < 1.29 is 19.4 Å². The summed E-state index contributed by atoms with van der Waals surface area (Å²) in [7, 11) is 1.82. The van der Waals surface area contributed by atoms with Crippen molar-refractivity contribution in [3.63, 3.8) is 0 Å². The first-order chi connectivity index (χ1) is 11.4. The SMILES string of the molecule is CO[C@@H]1CC[C@@]2(C)[C@H](C/C=C3/C(=O)OC[C@H]3O)C(C)=CC[C@@H]2[C@H]1C. The van der Waals surface area contributed by atoms with E-state index in [1.165, 1.54) is 5.57 Å². The number of cyclic esters (lactones) is 1. The Morgan fingerprint density at radius 2 is 2.25 bits per heavy atom. The topological polar surface area (TPSA) is 55.8 Å². The molecule has 0 amide bonds. The maximum atomic E-state index is 11.8. The monoisotopic (exact) mass is 334 g/mol. The van der Waals surface area contributed by atoms with E-state index in [4.69, 9.17) is 9.47 Å². The number of ether oxygens (including phenoxy) is 2. The third-order valence-electron chi connectivity index (χ3n) is 6.92. The summed E-state index contributed by atoms with van der Waals surface area (Å²) in [6.07, 6.45) is 8.01. The molecule has 4 nitrogen and oxygen atoms in total. The number of carbonyl (C=O) groups excluding carboxylic acids is 1. The maximum absolute atomic E-state index is 11.8. The van der Waals surface area contributed by atoms with Crippen LogP contribution >= 0.6 is 0 Å². The second-order valence-corrected chi connectivity index (χ2v) is 8.03. The minimum atomic E-state index is -0.767. The van der Waals surface area contributed by atoms with Gasteiger partial charge >= 0.3 is 5.97 Å². The van der Waals surface area contributed by atoms with Crippen LogP contribution in [0.5, 0.6) is 0 Å². The van der Waals surface area contributed by atoms with Crippen molar-refractivity contribution in [2.75, 3.05) is 13.7 Å². The van der Waals surface area contributed by atoms with Crippen LogP contribution in [0, 0.1) is 23.2 Å². The normalized spacial score (nSPS) is 44.2. The molecule has 0 spiro atoms. The largest absolute Gasteiger partial charge is 0.459 e. The van der Waals surface area contributed by atoms with Gasteiger partial charge in [0.15, 0.2) is 0 Å². The lowest BCUT2D eigenvalue weighted by Crippen LogP contribution is -2.49. The molecule has 2 fully saturated rings. The van der Waals surface area contributed by atoms with E-state index in [2.05, 4.69) is 26.8 Å². The van der Waals surface area contributed by atoms with Crippen LogP contribution in [0.1, 0.15) is 46.5 Å². The molecule has 134 valence electrons. The summed E-state index contributed by atoms with van der Waals surface area (Å²) in [5.74, 6) is 1.18. The quantitative estimate of drug-likeness (QED) is 0.489. The van der Waals surface area contributed by atoms with Gasteiger partial charge in [-0.3, -0.25) is 0 Å². The van der Waals surface area contributed by atoms with Gasteiger partial charge in [-0.1, -0.05) is 31.6 Å². The molecule has 3 aliphatic rings. The highest BCUT2D eigenvalue weighted by atomic mass is 16.6. The van der Waals surface area contributed by atoms with Crippen LogP contribution in [-0.4, -0.2) is 37.0 Å². The van der Waals surface area contributed by atoms with Crippen molar-refractivity contribution in [1.82, 2.24) is 0 Å². The third-order valence-corrected chi connectivity index (χ3v) is 6.92. The molecular weight excluding hydrogens is 304 g/mol. The first-order valence-electron chi connectivity index (χ1n) is 9.13. The number of hydrogen-bond acceptors (Lipinski definition) is 4. The second kappa shape index (κ2) is 6.64. The van der Waals surface area contributed by atoms with Crippen LogP contribution in [0.25, 0.3) is 0 Å². The first kappa shape index (κ1) is 17.7. The van der Waals surface area contributed by atoms with Crippen LogP contribution in [-0.2, 0) is 14.3 Å². The van der Waals surface area contributed by atoms with Gasteiger partial charge < -0.3 is 14.6 Å². The Hall–Kier alpha value is -1.13. The van der Waals surface area contributed by atoms with Gasteiger partial charge in [0, 0.05) is 7.11 Å². The van der Waals surface area contributed by atoms with Gasteiger partial charge in [-0.05, 0) is 55.8 Å². The molecule has 0 bridgehead atoms. The number of hydrogen-bond donors (Lipinski definition) is 1. The van der Waals surface area contributed by atoms with E-state index in [1.54, 1.807) is 0 Å². The molecule has 6 atom stereocenters. The minimum Gasteiger partial charge on any atom is -0.459 e. The standard InChI is InChI=1S/C20H30O4/c1-12-5-7-16-13(2)18(23-4)9-10-20(16,3)15(12)8-6-14-17(21)11-24-19(14)22/h5-6,13,15-18,21H,7-11H2,1-4H3/b14-6+/t13-,15-,16-,17-,18-,20+/m1/s1. The molecule has 0 aromatic carbocycles. The molecule has 2 aliphatic carbocycles. The first-order valence-corrected chi connectivity index (χ1v) is 9.13. The number of aliphatic hydroxyl groups is 1. The molecule has 1 aliphatic heterocycles. The van der Waals surface area contributed by atoms with Gasteiger partial charge in [-0.2, -0.15) is 0 Å².